The Morgan fingerprint density at radius 2 is 2.03 bits per heavy atom. The van der Waals surface area contributed by atoms with Crippen molar-refractivity contribution in [2.75, 3.05) is 6.61 Å². The van der Waals surface area contributed by atoms with Crippen molar-refractivity contribution in [1.29, 1.82) is 0 Å². The molecule has 1 aromatic rings. The van der Waals surface area contributed by atoms with Crippen LogP contribution < -0.4 is 4.65 Å². The molecule has 1 aliphatic carbocycles. The summed E-state index contributed by atoms with van der Waals surface area (Å²) in [6.45, 7) is 2.47. The molecule has 5 nitrogen and oxygen atoms in total. The van der Waals surface area contributed by atoms with Crippen LogP contribution in [-0.2, 0) is 16.0 Å². The summed E-state index contributed by atoms with van der Waals surface area (Å²) in [7, 11) is -1.08. The quantitative estimate of drug-likeness (QED) is 0.478. The summed E-state index contributed by atoms with van der Waals surface area (Å²) in [5.41, 5.74) is 1.21. The number of rotatable bonds is 9. The number of benzene rings is 1. The molecule has 0 spiro atoms. The zero-order valence-electron chi connectivity index (χ0n) is 17.5. The fourth-order valence-electron chi connectivity index (χ4n) is 4.46. The molecule has 0 bridgehead atoms. The lowest BCUT2D eigenvalue weighted by molar-refractivity contribution is -0.119. The van der Waals surface area contributed by atoms with Gasteiger partial charge in [-0.05, 0) is 36.8 Å². The van der Waals surface area contributed by atoms with Crippen molar-refractivity contribution < 1.29 is 24.0 Å². The number of carbonyl (C=O) groups is 2. The van der Waals surface area contributed by atoms with Crippen molar-refractivity contribution in [2.45, 2.75) is 83.4 Å². The molecule has 6 heteroatoms. The molecule has 1 fully saturated rings. The van der Waals surface area contributed by atoms with Crippen LogP contribution >= 0.6 is 0 Å². The fourth-order valence-corrected chi connectivity index (χ4v) is 4.46. The predicted molar refractivity (Wildman–Crippen MR) is 113 cm³/mol. The van der Waals surface area contributed by atoms with Crippen LogP contribution in [0.1, 0.15) is 87.1 Å². The van der Waals surface area contributed by atoms with Crippen LogP contribution in [0.5, 0.6) is 5.75 Å². The molecule has 0 radical (unpaired) electrons. The van der Waals surface area contributed by atoms with E-state index in [9.17, 15) is 14.6 Å². The summed E-state index contributed by atoms with van der Waals surface area (Å²) in [4.78, 5) is 24.7. The second kappa shape index (κ2) is 10.8. The van der Waals surface area contributed by atoms with Crippen LogP contribution in [-0.4, -0.2) is 30.5 Å². The Hall–Kier alpha value is -1.82. The number of ether oxygens (including phenoxy) is 1. The van der Waals surface area contributed by atoms with Gasteiger partial charge in [0, 0.05) is 18.7 Å². The molecule has 2 aliphatic rings. The van der Waals surface area contributed by atoms with Gasteiger partial charge in [0.15, 0.2) is 0 Å². The molecule has 3 rings (SSSR count). The van der Waals surface area contributed by atoms with E-state index in [0.717, 1.165) is 24.8 Å². The average Bonchev–Trinajstić information content (AvgIpc) is 2.73. The minimum atomic E-state index is -1.08. The summed E-state index contributed by atoms with van der Waals surface area (Å²) >= 11 is 0. The molecule has 29 heavy (non-hydrogen) atoms. The summed E-state index contributed by atoms with van der Waals surface area (Å²) < 4.78 is 11.2. The summed E-state index contributed by atoms with van der Waals surface area (Å²) in [5.74, 6) is 0.540. The number of ketones is 1. The molecule has 1 atom stereocenters. The number of hydrogen-bond donors (Lipinski definition) is 1. The lowest BCUT2D eigenvalue weighted by Gasteiger charge is -2.28. The Kier molecular flexibility index (Phi) is 8.16. The van der Waals surface area contributed by atoms with Crippen LogP contribution in [0.3, 0.4) is 0 Å². The van der Waals surface area contributed by atoms with E-state index in [1.54, 1.807) is 6.07 Å². The standard InChI is InChI=1S/C23H33BO5/c1-2-3-11-20(25)16-19-15-18-10-7-12-21(22(18)29-24(19)27)23(26)28-14-13-17-8-5-4-6-9-17/h7,10,12,17,19,27H,2-6,8-9,11,13-16H2,1H3/t19-/m1/s1. The highest BCUT2D eigenvalue weighted by molar-refractivity contribution is 6.47. The number of fused-ring (bicyclic) bond motifs is 1. The third-order valence-corrected chi connectivity index (χ3v) is 6.22. The number of unbranched alkanes of at least 4 members (excludes halogenated alkanes) is 1. The van der Waals surface area contributed by atoms with E-state index in [2.05, 4.69) is 6.92 Å². The van der Waals surface area contributed by atoms with Crippen molar-refractivity contribution in [2.24, 2.45) is 5.92 Å². The molecule has 1 aromatic carbocycles. The Morgan fingerprint density at radius 3 is 2.79 bits per heavy atom. The molecule has 158 valence electrons. The number of hydrogen-bond acceptors (Lipinski definition) is 5. The van der Waals surface area contributed by atoms with E-state index in [-0.39, 0.29) is 11.6 Å². The van der Waals surface area contributed by atoms with Crippen molar-refractivity contribution in [3.63, 3.8) is 0 Å². The van der Waals surface area contributed by atoms with E-state index < -0.39 is 13.1 Å². The largest absolute Gasteiger partial charge is 0.535 e. The van der Waals surface area contributed by atoms with Crippen LogP contribution in [0.15, 0.2) is 18.2 Å². The van der Waals surface area contributed by atoms with Crippen LogP contribution in [0.2, 0.25) is 5.82 Å². The highest BCUT2D eigenvalue weighted by Crippen LogP contribution is 2.37. The minimum Gasteiger partial charge on any atom is -0.535 e. The second-order valence-corrected chi connectivity index (χ2v) is 8.54. The molecule has 0 aromatic heterocycles. The number of Topliss-reactive ketones (excluding diaryl/α,β-unsaturated/α-hetero) is 1. The van der Waals surface area contributed by atoms with E-state index in [1.165, 1.54) is 32.1 Å². The van der Waals surface area contributed by atoms with Gasteiger partial charge in [-0.3, -0.25) is 4.79 Å². The molecule has 0 saturated heterocycles. The zero-order valence-corrected chi connectivity index (χ0v) is 17.5. The maximum Gasteiger partial charge on any atom is 0.526 e. The highest BCUT2D eigenvalue weighted by atomic mass is 16.5. The highest BCUT2D eigenvalue weighted by Gasteiger charge is 2.37. The maximum atomic E-state index is 12.6. The summed E-state index contributed by atoms with van der Waals surface area (Å²) in [6.07, 6.45) is 10.5. The van der Waals surface area contributed by atoms with Crippen molar-refractivity contribution in [1.82, 2.24) is 0 Å². The predicted octanol–water partition coefficient (Wildman–Crippen LogP) is 4.75. The molecule has 1 heterocycles. The Labute approximate surface area is 174 Å². The van der Waals surface area contributed by atoms with Gasteiger partial charge in [0.25, 0.3) is 0 Å². The van der Waals surface area contributed by atoms with Gasteiger partial charge < -0.3 is 14.4 Å². The molecule has 0 amide bonds. The maximum absolute atomic E-state index is 12.6. The van der Waals surface area contributed by atoms with Gasteiger partial charge in [0.1, 0.15) is 17.1 Å². The monoisotopic (exact) mass is 400 g/mol. The van der Waals surface area contributed by atoms with Crippen molar-refractivity contribution in [3.8, 4) is 5.75 Å². The number of esters is 1. The van der Waals surface area contributed by atoms with Gasteiger partial charge in [-0.1, -0.05) is 57.6 Å². The van der Waals surface area contributed by atoms with Gasteiger partial charge in [-0.25, -0.2) is 4.79 Å². The van der Waals surface area contributed by atoms with Gasteiger partial charge in [0.2, 0.25) is 0 Å². The second-order valence-electron chi connectivity index (χ2n) is 8.54. The Bertz CT molecular complexity index is 699. The Balaban J connectivity index is 1.58. The minimum absolute atomic E-state index is 0.154. The van der Waals surface area contributed by atoms with E-state index in [1.807, 2.05) is 12.1 Å². The normalized spacial score (nSPS) is 19.4. The van der Waals surface area contributed by atoms with Gasteiger partial charge in [-0.2, -0.15) is 0 Å². The van der Waals surface area contributed by atoms with E-state index in [0.29, 0.717) is 43.1 Å². The molecule has 1 aliphatic heterocycles. The lowest BCUT2D eigenvalue weighted by Crippen LogP contribution is -2.36. The molecule has 1 N–H and O–H groups in total. The third-order valence-electron chi connectivity index (χ3n) is 6.22. The average molecular weight is 400 g/mol. The number of carbonyl (C=O) groups excluding carboxylic acids is 2. The van der Waals surface area contributed by atoms with Crippen molar-refractivity contribution in [3.05, 3.63) is 29.3 Å². The van der Waals surface area contributed by atoms with Gasteiger partial charge in [0.05, 0.1) is 6.61 Å². The first-order valence-corrected chi connectivity index (χ1v) is 11.2. The third kappa shape index (κ3) is 6.08. The fraction of sp³-hybridized carbons (Fsp3) is 0.652. The van der Waals surface area contributed by atoms with E-state index in [4.69, 9.17) is 9.39 Å². The first-order chi connectivity index (χ1) is 14.1. The van der Waals surface area contributed by atoms with Crippen molar-refractivity contribution >= 4 is 18.9 Å². The van der Waals surface area contributed by atoms with Crippen LogP contribution in [0.4, 0.5) is 0 Å². The van der Waals surface area contributed by atoms with Gasteiger partial charge >= 0.3 is 13.1 Å². The lowest BCUT2D eigenvalue weighted by atomic mass is 9.64. The van der Waals surface area contributed by atoms with Crippen LogP contribution in [0.25, 0.3) is 0 Å². The smallest absolute Gasteiger partial charge is 0.526 e. The molecular formula is C23H33BO5. The topological polar surface area (TPSA) is 72.8 Å². The SMILES string of the molecule is CCCCC(=O)C[C@H]1Cc2cccc(C(=O)OCCC3CCCCC3)c2OB1O. The van der Waals surface area contributed by atoms with Gasteiger partial charge in [-0.15, -0.1) is 0 Å². The first kappa shape index (κ1) is 21.9. The number of para-hydroxylation sites is 1. The molecule has 0 unspecified atom stereocenters. The summed E-state index contributed by atoms with van der Waals surface area (Å²) in [6, 6.07) is 5.39. The molecular weight excluding hydrogens is 367 g/mol. The molecule has 1 saturated carbocycles. The zero-order chi connectivity index (χ0) is 20.6. The Morgan fingerprint density at radius 1 is 1.24 bits per heavy atom. The van der Waals surface area contributed by atoms with E-state index >= 15 is 0 Å². The summed E-state index contributed by atoms with van der Waals surface area (Å²) in [5, 5.41) is 10.4. The first-order valence-electron chi connectivity index (χ1n) is 11.2. The van der Waals surface area contributed by atoms with Crippen LogP contribution in [0, 0.1) is 5.92 Å².